The summed E-state index contributed by atoms with van der Waals surface area (Å²) in [5.74, 6) is -0.0760. The van der Waals surface area contributed by atoms with Gasteiger partial charge in [0, 0.05) is 24.3 Å². The van der Waals surface area contributed by atoms with E-state index in [9.17, 15) is 4.79 Å². The Labute approximate surface area is 134 Å². The third-order valence-corrected chi connectivity index (χ3v) is 3.49. The van der Waals surface area contributed by atoms with Crippen LogP contribution in [0.5, 0.6) is 5.75 Å². The molecule has 1 heterocycles. The van der Waals surface area contributed by atoms with E-state index < -0.39 is 5.91 Å². The molecule has 0 aliphatic heterocycles. The molecule has 0 aliphatic rings. The van der Waals surface area contributed by atoms with Gasteiger partial charge in [0.2, 0.25) is 0 Å². The van der Waals surface area contributed by atoms with Gasteiger partial charge in [0.1, 0.15) is 5.75 Å². The minimum atomic E-state index is -0.532. The number of aryl methyl sites for hydroxylation is 1. The zero-order valence-electron chi connectivity index (χ0n) is 12.6. The molecule has 7 heteroatoms. The fourth-order valence-corrected chi connectivity index (χ4v) is 2.36. The zero-order chi connectivity index (χ0) is 16.1. The van der Waals surface area contributed by atoms with Gasteiger partial charge in [0.25, 0.3) is 5.91 Å². The largest absolute Gasteiger partial charge is 0.482 e. The Balaban J connectivity index is 1.96. The molecular formula is C15H19ClN4O2. The highest BCUT2D eigenvalue weighted by molar-refractivity contribution is 6.32. The third-order valence-electron chi connectivity index (χ3n) is 3.19. The third kappa shape index (κ3) is 4.47. The van der Waals surface area contributed by atoms with Gasteiger partial charge in [-0.25, -0.2) is 0 Å². The number of benzene rings is 1. The van der Waals surface area contributed by atoms with Crippen LogP contribution in [0.25, 0.3) is 0 Å². The molecule has 2 rings (SSSR count). The van der Waals surface area contributed by atoms with Crippen LogP contribution in [0.3, 0.4) is 0 Å². The van der Waals surface area contributed by atoms with Crippen molar-refractivity contribution in [3.8, 4) is 5.75 Å². The molecule has 0 spiro atoms. The average molecular weight is 323 g/mol. The van der Waals surface area contributed by atoms with Crippen molar-refractivity contribution in [1.82, 2.24) is 15.1 Å². The Bertz CT molecular complexity index is 657. The van der Waals surface area contributed by atoms with Crippen LogP contribution < -0.4 is 10.5 Å². The summed E-state index contributed by atoms with van der Waals surface area (Å²) in [4.78, 5) is 12.9. The number of carbonyl (C=O) groups excluding carboxylic acids is 1. The van der Waals surface area contributed by atoms with E-state index in [1.54, 1.807) is 6.07 Å². The number of hydrogen-bond acceptors (Lipinski definition) is 4. The van der Waals surface area contributed by atoms with E-state index in [1.807, 2.05) is 32.3 Å². The highest BCUT2D eigenvalue weighted by Crippen LogP contribution is 2.26. The summed E-state index contributed by atoms with van der Waals surface area (Å²) in [5.41, 5.74) is 8.33. The molecular weight excluding hydrogens is 304 g/mol. The number of nitrogens with one attached hydrogen (secondary N) is 1. The number of carbonyl (C=O) groups is 1. The second-order valence-electron chi connectivity index (χ2n) is 5.21. The lowest BCUT2D eigenvalue weighted by Gasteiger charge is -2.17. The van der Waals surface area contributed by atoms with Crippen LogP contribution in [0.2, 0.25) is 5.02 Å². The van der Waals surface area contributed by atoms with Gasteiger partial charge in [-0.3, -0.25) is 14.8 Å². The second kappa shape index (κ2) is 7.29. The number of primary amides is 1. The molecule has 0 saturated heterocycles. The van der Waals surface area contributed by atoms with E-state index in [1.165, 1.54) is 0 Å². The predicted octanol–water partition coefficient (Wildman–Crippen LogP) is 1.87. The Morgan fingerprint density at radius 2 is 2.23 bits per heavy atom. The fourth-order valence-electron chi connectivity index (χ4n) is 2.10. The molecule has 22 heavy (non-hydrogen) atoms. The molecule has 1 amide bonds. The van der Waals surface area contributed by atoms with E-state index in [0.29, 0.717) is 10.8 Å². The number of ether oxygens (including phenoxy) is 1. The summed E-state index contributed by atoms with van der Waals surface area (Å²) >= 11 is 6.15. The van der Waals surface area contributed by atoms with Gasteiger partial charge in [-0.2, -0.15) is 5.10 Å². The van der Waals surface area contributed by atoms with Crippen LogP contribution in [0.4, 0.5) is 0 Å². The zero-order valence-corrected chi connectivity index (χ0v) is 13.4. The number of aromatic amines is 1. The molecule has 0 atom stereocenters. The van der Waals surface area contributed by atoms with Gasteiger partial charge in [0.05, 0.1) is 11.2 Å². The van der Waals surface area contributed by atoms with E-state index in [2.05, 4.69) is 15.1 Å². The number of amides is 1. The van der Waals surface area contributed by atoms with Gasteiger partial charge in [-0.15, -0.1) is 0 Å². The number of aromatic nitrogens is 2. The summed E-state index contributed by atoms with van der Waals surface area (Å²) in [6.07, 6.45) is 1.83. The first kappa shape index (κ1) is 16.3. The average Bonchev–Trinajstić information content (AvgIpc) is 2.83. The number of rotatable bonds is 7. The van der Waals surface area contributed by atoms with Crippen LogP contribution in [0.1, 0.15) is 16.8 Å². The maximum absolute atomic E-state index is 10.7. The number of nitrogens with zero attached hydrogens (tertiary/aromatic N) is 2. The van der Waals surface area contributed by atoms with Gasteiger partial charge in [-0.05, 0) is 31.7 Å². The van der Waals surface area contributed by atoms with Crippen molar-refractivity contribution < 1.29 is 9.53 Å². The van der Waals surface area contributed by atoms with Gasteiger partial charge in [-0.1, -0.05) is 17.7 Å². The molecule has 1 aromatic carbocycles. The van der Waals surface area contributed by atoms with Crippen molar-refractivity contribution in [2.24, 2.45) is 5.73 Å². The summed E-state index contributed by atoms with van der Waals surface area (Å²) in [5, 5.41) is 7.41. The molecule has 1 aromatic heterocycles. The van der Waals surface area contributed by atoms with Crippen molar-refractivity contribution in [2.75, 3.05) is 13.7 Å². The van der Waals surface area contributed by atoms with Crippen molar-refractivity contribution in [2.45, 2.75) is 20.0 Å². The number of nitrogens with two attached hydrogens (primary N) is 1. The van der Waals surface area contributed by atoms with E-state index in [4.69, 9.17) is 22.1 Å². The lowest BCUT2D eigenvalue weighted by molar-refractivity contribution is -0.119. The molecule has 0 unspecified atom stereocenters. The van der Waals surface area contributed by atoms with Crippen LogP contribution >= 0.6 is 11.6 Å². The summed E-state index contributed by atoms with van der Waals surface area (Å²) in [7, 11) is 2.03. The maximum atomic E-state index is 10.7. The molecule has 0 saturated carbocycles. The van der Waals surface area contributed by atoms with Crippen LogP contribution in [0, 0.1) is 6.92 Å². The monoisotopic (exact) mass is 322 g/mol. The molecule has 6 nitrogen and oxygen atoms in total. The molecule has 0 fully saturated rings. The van der Waals surface area contributed by atoms with Crippen LogP contribution in [0.15, 0.2) is 24.4 Å². The van der Waals surface area contributed by atoms with E-state index in [0.717, 1.165) is 29.9 Å². The lowest BCUT2D eigenvalue weighted by Crippen LogP contribution is -2.20. The van der Waals surface area contributed by atoms with E-state index >= 15 is 0 Å². The maximum Gasteiger partial charge on any atom is 0.255 e. The minimum absolute atomic E-state index is 0.182. The Morgan fingerprint density at radius 3 is 2.82 bits per heavy atom. The quantitative estimate of drug-likeness (QED) is 0.815. The topological polar surface area (TPSA) is 84.2 Å². The standard InChI is InChI=1S/C15H19ClN4O2/c1-10-12(6-18-19-10)8-20(2)7-11-3-4-14(13(16)5-11)22-9-15(17)21/h3-6H,7-9H2,1-2H3,(H2,17,21)(H,18,19). The van der Waals surface area contributed by atoms with Gasteiger partial charge in [0.15, 0.2) is 6.61 Å². The summed E-state index contributed by atoms with van der Waals surface area (Å²) in [6, 6.07) is 5.50. The Morgan fingerprint density at radius 1 is 1.45 bits per heavy atom. The molecule has 3 N–H and O–H groups in total. The SMILES string of the molecule is Cc1[nH]ncc1CN(C)Cc1ccc(OCC(N)=O)c(Cl)c1. The summed E-state index contributed by atoms with van der Waals surface area (Å²) in [6.45, 7) is 3.34. The Hall–Kier alpha value is -2.05. The highest BCUT2D eigenvalue weighted by Gasteiger charge is 2.08. The van der Waals surface area contributed by atoms with Crippen molar-refractivity contribution in [3.63, 3.8) is 0 Å². The van der Waals surface area contributed by atoms with Gasteiger partial charge < -0.3 is 10.5 Å². The normalized spacial score (nSPS) is 10.9. The van der Waals surface area contributed by atoms with Gasteiger partial charge >= 0.3 is 0 Å². The van der Waals surface area contributed by atoms with E-state index in [-0.39, 0.29) is 6.61 Å². The number of H-pyrrole nitrogens is 1. The molecule has 0 radical (unpaired) electrons. The van der Waals surface area contributed by atoms with Crippen molar-refractivity contribution in [3.05, 3.63) is 46.2 Å². The second-order valence-corrected chi connectivity index (χ2v) is 5.62. The first-order valence-corrected chi connectivity index (χ1v) is 7.20. The lowest BCUT2D eigenvalue weighted by atomic mass is 10.2. The summed E-state index contributed by atoms with van der Waals surface area (Å²) < 4.78 is 5.23. The van der Waals surface area contributed by atoms with Crippen LogP contribution in [-0.4, -0.2) is 34.7 Å². The predicted molar refractivity (Wildman–Crippen MR) is 84.6 cm³/mol. The minimum Gasteiger partial charge on any atom is -0.482 e. The molecule has 0 aliphatic carbocycles. The number of hydrogen-bond donors (Lipinski definition) is 2. The smallest absolute Gasteiger partial charge is 0.255 e. The van der Waals surface area contributed by atoms with Crippen molar-refractivity contribution >= 4 is 17.5 Å². The van der Waals surface area contributed by atoms with Crippen LogP contribution in [-0.2, 0) is 17.9 Å². The van der Waals surface area contributed by atoms with Crippen molar-refractivity contribution in [1.29, 1.82) is 0 Å². The number of halogens is 1. The highest BCUT2D eigenvalue weighted by atomic mass is 35.5. The first-order valence-electron chi connectivity index (χ1n) is 6.82. The molecule has 0 bridgehead atoms. The Kier molecular flexibility index (Phi) is 5.41. The molecule has 2 aromatic rings. The fraction of sp³-hybridized carbons (Fsp3) is 0.333. The molecule has 118 valence electrons. The first-order chi connectivity index (χ1) is 10.5.